The van der Waals surface area contributed by atoms with E-state index in [2.05, 4.69) is 26.7 Å². The highest BCUT2D eigenvalue weighted by Crippen LogP contribution is 2.04. The molecule has 0 unspecified atom stereocenters. The van der Waals surface area contributed by atoms with Gasteiger partial charge in [-0.15, -0.1) is 0 Å². The molecule has 5 nitrogen and oxygen atoms in total. The highest BCUT2D eigenvalue weighted by atomic mass is 16.5. The zero-order chi connectivity index (χ0) is 10.7. The van der Waals surface area contributed by atoms with Crippen LogP contribution in [0.2, 0.25) is 0 Å². The van der Waals surface area contributed by atoms with Crippen LogP contribution in [0.4, 0.5) is 0 Å². The minimum absolute atomic E-state index is 0.578. The molecule has 2 heterocycles. The molecule has 2 rings (SSSR count). The Bertz CT molecular complexity index is 563. The van der Waals surface area contributed by atoms with E-state index in [1.54, 1.807) is 29.2 Å². The Kier molecular flexibility index (Phi) is 2.33. The smallest absolute Gasteiger partial charge is 0.384 e. The van der Waals surface area contributed by atoms with Gasteiger partial charge in [-0.25, -0.2) is 14.3 Å². The Morgan fingerprint density at radius 2 is 2.47 bits per heavy atom. The number of methoxy groups -OCH3 is 1. The molecule has 5 heteroatoms. The molecular formula is C10H7N3O2. The van der Waals surface area contributed by atoms with Crippen molar-refractivity contribution in [3.8, 4) is 11.8 Å². The zero-order valence-electron chi connectivity index (χ0n) is 7.97. The van der Waals surface area contributed by atoms with Crippen molar-refractivity contribution in [2.45, 2.75) is 0 Å². The molecule has 0 atom stereocenters. The van der Waals surface area contributed by atoms with Crippen LogP contribution in [0.25, 0.3) is 5.65 Å². The Morgan fingerprint density at radius 1 is 1.60 bits per heavy atom. The summed E-state index contributed by atoms with van der Waals surface area (Å²) in [5.74, 6) is 4.39. The molecule has 15 heavy (non-hydrogen) atoms. The number of fused-ring (bicyclic) bond motifs is 1. The highest BCUT2D eigenvalue weighted by molar-refractivity contribution is 5.89. The summed E-state index contributed by atoms with van der Waals surface area (Å²) in [4.78, 5) is 14.9. The van der Waals surface area contributed by atoms with Gasteiger partial charge >= 0.3 is 5.97 Å². The molecule has 2 aromatic rings. The van der Waals surface area contributed by atoms with Gasteiger partial charge in [0, 0.05) is 18.3 Å². The van der Waals surface area contributed by atoms with Crippen molar-refractivity contribution in [2.24, 2.45) is 0 Å². The number of carbonyl (C=O) groups excluding carboxylic acids is 1. The molecule has 0 radical (unpaired) electrons. The lowest BCUT2D eigenvalue weighted by Gasteiger charge is -1.89. The summed E-state index contributed by atoms with van der Waals surface area (Å²) >= 11 is 0. The molecule has 74 valence electrons. The number of rotatable bonds is 0. The van der Waals surface area contributed by atoms with Crippen LogP contribution in [-0.2, 0) is 9.53 Å². The van der Waals surface area contributed by atoms with Crippen LogP contribution in [0.3, 0.4) is 0 Å². The van der Waals surface area contributed by atoms with Crippen LogP contribution in [0.15, 0.2) is 24.7 Å². The summed E-state index contributed by atoms with van der Waals surface area (Å²) in [7, 11) is 1.28. The Morgan fingerprint density at radius 3 is 3.27 bits per heavy atom. The summed E-state index contributed by atoms with van der Waals surface area (Å²) in [5.41, 5.74) is 1.22. The van der Waals surface area contributed by atoms with Crippen molar-refractivity contribution in [1.29, 1.82) is 0 Å². The van der Waals surface area contributed by atoms with E-state index in [0.717, 1.165) is 0 Å². The Labute approximate surface area is 85.7 Å². The molecule has 2 aromatic heterocycles. The highest BCUT2D eigenvalue weighted by Gasteiger charge is 2.01. The van der Waals surface area contributed by atoms with Crippen molar-refractivity contribution in [1.82, 2.24) is 14.6 Å². The Hall–Kier alpha value is -2.35. The first-order chi connectivity index (χ1) is 7.31. The monoisotopic (exact) mass is 201 g/mol. The maximum atomic E-state index is 10.8. The van der Waals surface area contributed by atoms with Gasteiger partial charge in [-0.2, -0.15) is 5.10 Å². The maximum absolute atomic E-state index is 10.8. The SMILES string of the molecule is COC(=O)C#Cc1cnn2cccnc12. The van der Waals surface area contributed by atoms with Gasteiger partial charge in [0.25, 0.3) is 0 Å². The van der Waals surface area contributed by atoms with E-state index in [4.69, 9.17) is 0 Å². The number of nitrogens with zero attached hydrogens (tertiary/aromatic N) is 3. The summed E-state index contributed by atoms with van der Waals surface area (Å²) in [5, 5.41) is 4.02. The van der Waals surface area contributed by atoms with Crippen molar-refractivity contribution in [2.75, 3.05) is 7.11 Å². The first-order valence-electron chi connectivity index (χ1n) is 4.19. The molecule has 0 saturated carbocycles. The average Bonchev–Trinajstić information content (AvgIpc) is 2.69. The predicted molar refractivity (Wildman–Crippen MR) is 51.9 cm³/mol. The second-order valence-corrected chi connectivity index (χ2v) is 2.69. The van der Waals surface area contributed by atoms with Crippen molar-refractivity contribution in [3.05, 3.63) is 30.2 Å². The van der Waals surface area contributed by atoms with Crippen molar-refractivity contribution < 1.29 is 9.53 Å². The van der Waals surface area contributed by atoms with Gasteiger partial charge in [-0.1, -0.05) is 0 Å². The third kappa shape index (κ3) is 1.79. The van der Waals surface area contributed by atoms with Crippen LogP contribution in [0, 0.1) is 11.8 Å². The molecule has 0 spiro atoms. The normalized spacial score (nSPS) is 9.40. The van der Waals surface area contributed by atoms with Crippen LogP contribution in [0.1, 0.15) is 5.56 Å². The van der Waals surface area contributed by atoms with Crippen LogP contribution in [0.5, 0.6) is 0 Å². The minimum Gasteiger partial charge on any atom is -0.459 e. The van der Waals surface area contributed by atoms with Gasteiger partial charge in [-0.3, -0.25) is 0 Å². The number of esters is 1. The average molecular weight is 201 g/mol. The lowest BCUT2D eigenvalue weighted by molar-refractivity contribution is -0.133. The second-order valence-electron chi connectivity index (χ2n) is 2.69. The molecule has 0 aliphatic rings. The van der Waals surface area contributed by atoms with Gasteiger partial charge in [-0.05, 0) is 12.0 Å². The fourth-order valence-electron chi connectivity index (χ4n) is 1.08. The largest absolute Gasteiger partial charge is 0.459 e. The van der Waals surface area contributed by atoms with Gasteiger partial charge < -0.3 is 4.74 Å². The Balaban J connectivity index is 2.43. The standard InChI is InChI=1S/C10H7N3O2/c1-15-9(14)4-3-8-7-12-13-6-2-5-11-10(8)13/h2,5-7H,1H3. The quantitative estimate of drug-likeness (QED) is 0.453. The summed E-state index contributed by atoms with van der Waals surface area (Å²) in [6, 6.07) is 1.76. The number of hydrogen-bond acceptors (Lipinski definition) is 4. The van der Waals surface area contributed by atoms with Crippen LogP contribution < -0.4 is 0 Å². The molecular weight excluding hydrogens is 194 g/mol. The molecule has 0 bridgehead atoms. The first-order valence-corrected chi connectivity index (χ1v) is 4.19. The van der Waals surface area contributed by atoms with Gasteiger partial charge in [0.2, 0.25) is 0 Å². The first kappa shape index (κ1) is 9.21. The molecule has 0 saturated heterocycles. The van der Waals surface area contributed by atoms with E-state index in [9.17, 15) is 4.79 Å². The van der Waals surface area contributed by atoms with Crippen LogP contribution in [-0.4, -0.2) is 27.7 Å². The topological polar surface area (TPSA) is 56.5 Å². The van der Waals surface area contributed by atoms with Crippen LogP contribution >= 0.6 is 0 Å². The molecule has 0 aliphatic heterocycles. The lowest BCUT2D eigenvalue weighted by Crippen LogP contribution is -1.94. The van der Waals surface area contributed by atoms with E-state index in [-0.39, 0.29) is 0 Å². The molecule has 0 aliphatic carbocycles. The number of carbonyl (C=O) groups is 1. The third-order valence-corrected chi connectivity index (χ3v) is 1.76. The van der Waals surface area contributed by atoms with E-state index in [1.807, 2.05) is 0 Å². The molecule has 0 amide bonds. The minimum atomic E-state index is -0.578. The van der Waals surface area contributed by atoms with E-state index in [0.29, 0.717) is 11.2 Å². The molecule has 0 aromatic carbocycles. The second kappa shape index (κ2) is 3.80. The van der Waals surface area contributed by atoms with E-state index < -0.39 is 5.97 Å². The summed E-state index contributed by atoms with van der Waals surface area (Å²) < 4.78 is 5.99. The van der Waals surface area contributed by atoms with Gasteiger partial charge in [0.1, 0.15) is 0 Å². The molecule has 0 fully saturated rings. The molecule has 0 N–H and O–H groups in total. The fourth-order valence-corrected chi connectivity index (χ4v) is 1.08. The summed E-state index contributed by atoms with van der Waals surface area (Å²) in [6.07, 6.45) is 4.95. The zero-order valence-corrected chi connectivity index (χ0v) is 7.97. The number of hydrogen-bond donors (Lipinski definition) is 0. The number of aromatic nitrogens is 3. The van der Waals surface area contributed by atoms with Gasteiger partial charge in [0.05, 0.1) is 18.9 Å². The lowest BCUT2D eigenvalue weighted by atomic mass is 10.3. The maximum Gasteiger partial charge on any atom is 0.384 e. The van der Waals surface area contributed by atoms with E-state index in [1.165, 1.54) is 7.11 Å². The van der Waals surface area contributed by atoms with Crippen molar-refractivity contribution >= 4 is 11.6 Å². The van der Waals surface area contributed by atoms with Gasteiger partial charge in [0.15, 0.2) is 5.65 Å². The summed E-state index contributed by atoms with van der Waals surface area (Å²) in [6.45, 7) is 0. The fraction of sp³-hybridized carbons (Fsp3) is 0.100. The number of ether oxygens (including phenoxy) is 1. The predicted octanol–water partition coefficient (Wildman–Crippen LogP) is 0.254. The van der Waals surface area contributed by atoms with E-state index >= 15 is 0 Å². The third-order valence-electron chi connectivity index (χ3n) is 1.76. The van der Waals surface area contributed by atoms with Crippen molar-refractivity contribution in [3.63, 3.8) is 0 Å².